The molecule has 22 rings (SSSR count). The molecule has 5 aromatic carbocycles. The summed E-state index contributed by atoms with van der Waals surface area (Å²) >= 11 is 0. The molecule has 2 fully saturated rings. The van der Waals surface area contributed by atoms with Crippen molar-refractivity contribution in [3.8, 4) is 56.3 Å². The summed E-state index contributed by atoms with van der Waals surface area (Å²) in [5, 5.41) is 9.41. The number of benzene rings is 5. The van der Waals surface area contributed by atoms with E-state index >= 15 is 0 Å². The van der Waals surface area contributed by atoms with Crippen LogP contribution in [-0.4, -0.2) is 24.9 Å². The van der Waals surface area contributed by atoms with E-state index in [4.69, 9.17) is 45.4 Å². The minimum atomic E-state index is -2.54. The number of pyridine rings is 10. The number of furan rings is 5. The van der Waals surface area contributed by atoms with Gasteiger partial charge >= 0.3 is 0 Å². The Balaban J connectivity index is 0.000000123. The van der Waals surface area contributed by atoms with Gasteiger partial charge in [0.2, 0.25) is 57.0 Å². The van der Waals surface area contributed by atoms with E-state index in [0.717, 1.165) is 145 Å². The second-order valence-electron chi connectivity index (χ2n) is 35.4. The Morgan fingerprint density at radius 2 is 0.679 bits per heavy atom. The molecule has 2 aliphatic carbocycles. The van der Waals surface area contributed by atoms with Crippen LogP contribution in [0.15, 0.2) is 235 Å². The zero-order valence-electron chi connectivity index (χ0n) is 95.2. The Morgan fingerprint density at radius 1 is 0.344 bits per heavy atom. The minimum Gasteiger partial charge on any atom is -0.437 e. The standard InChI is InChI=1S/C27H31N2O.C26H29N2O.C22H23N2O.C21H21N2O.C20H19N2O/c1-17(2)20-14-15-29(4)24(16-20)25-18(3)10-11-21-22-12-13-23(19-8-6-5-7-9-19)28-27(22)30-26(21)25;1-16(2)19-13-14-28(4)23(15-19)24-17(3)9-10-20-21-11-12-22(18-7-5-6-8-18)27-26(21)29-25(20)24;1-13(2)18-10-9-17-16-8-7-15(4)20(21(16)25-22(17)23-18)19-11-6-14(3)12-24(19)5;1-5-15-8-10-17-16-9-7-14(3)19(20(16)24-21(17)22-15)18-11-6-13(2)12-23(18)4;1-12-5-10-17(22(4)11-12)18-13(2)6-8-15-16-9-7-14(3)21-20(16)23-19(15)18/h10-17,19H,5-9H2,1-4H3;9-16,18H,5-8H2,1-4H3;6-13H,1-5H3;6-12H,5H2,1-4H3;5-11H,1-4H3/q5*+1/i1D3,8D2,9D2,17D,19D;1D3,7D2,16D,18D;13D;;. The van der Waals surface area contributed by atoms with E-state index in [9.17, 15) is 0 Å². The fourth-order valence-electron chi connectivity index (χ4n) is 18.3. The molecule has 0 saturated heterocycles. The van der Waals surface area contributed by atoms with Crippen LogP contribution in [0.3, 0.4) is 0 Å². The molecule has 15 heteroatoms. The maximum Gasteiger partial charge on any atom is 0.227 e. The van der Waals surface area contributed by atoms with Gasteiger partial charge in [-0.2, -0.15) is 0 Å². The molecule has 662 valence electrons. The van der Waals surface area contributed by atoms with Gasteiger partial charge in [0, 0.05) is 177 Å². The molecule has 131 heavy (non-hydrogen) atoms. The van der Waals surface area contributed by atoms with Gasteiger partial charge in [-0.25, -0.2) is 47.8 Å². The molecule has 0 spiro atoms. The number of nitrogens with zero attached hydrogens (tertiary/aromatic N) is 10. The van der Waals surface area contributed by atoms with Crippen molar-refractivity contribution in [2.24, 2.45) is 35.2 Å². The Morgan fingerprint density at radius 3 is 1.05 bits per heavy atom. The van der Waals surface area contributed by atoms with Crippen LogP contribution in [0.2, 0.25) is 0 Å². The van der Waals surface area contributed by atoms with Gasteiger partial charge in [0.25, 0.3) is 0 Å². The predicted molar refractivity (Wildman–Crippen MR) is 532 cm³/mol. The monoisotopic (exact) mass is 1750 g/mol. The van der Waals surface area contributed by atoms with Crippen molar-refractivity contribution >= 4 is 110 Å². The summed E-state index contributed by atoms with van der Waals surface area (Å²) < 4.78 is 182. The molecular weight excluding hydrogens is 1610 g/mol. The van der Waals surface area contributed by atoms with Gasteiger partial charge in [-0.1, -0.05) is 141 Å². The average Bonchev–Trinajstić information content (AvgIpc) is 1.17. The topological polar surface area (TPSA) is 150 Å². The Kier molecular flexibility index (Phi) is 19.4. The number of fused-ring (bicyclic) bond motifs is 15. The number of aryl methyl sites for hydroxylation is 15. The summed E-state index contributed by atoms with van der Waals surface area (Å²) in [5.74, 6) is -8.00. The van der Waals surface area contributed by atoms with Crippen molar-refractivity contribution in [1.29, 1.82) is 0 Å². The molecule has 2 aliphatic rings. The zero-order chi connectivity index (χ0) is 107. The van der Waals surface area contributed by atoms with E-state index in [1.54, 1.807) is 48.8 Å². The maximum absolute atomic E-state index is 9.03. The minimum absolute atomic E-state index is 0.0165. The average molecular weight is 1750 g/mol. The largest absolute Gasteiger partial charge is 0.437 e. The van der Waals surface area contributed by atoms with E-state index in [2.05, 4.69) is 218 Å². The molecule has 0 aliphatic heterocycles. The van der Waals surface area contributed by atoms with Crippen LogP contribution in [0.25, 0.3) is 167 Å². The highest BCUT2D eigenvalue weighted by Gasteiger charge is 2.30. The SMILES string of the molecule is CCc1ccc2c(n1)oc1c(-c3ccc(C)c[n+]3C)c(C)ccc12.Cc1ccc(-c2c(C)ccc3c2oc2nc(C)ccc23)[n+](C)c1.[2H]C(C)(C)c1ccc2c(n1)oc1c(-c3ccc(C)c[n+]3C)c(C)ccc12.[2H]C([2H])([2H])C([2H])(C)c1cc[n+](C)c(-c2c(C)ccc3c2oc2nc(C4([2H])C([2H])([2H])CCCC4([2H])[2H])ccc23)c1.[2H]C([2H])([2H])C([2H])(C)c1cc[n+](C)c(-c2c(C)ccc3c2oc2nc(C4([2H])CCCC4([2H])[2H])ccc23)c1. The number of hydrogen-bond donors (Lipinski definition) is 0. The summed E-state index contributed by atoms with van der Waals surface area (Å²) in [6.07, 6.45) is 6.73. The molecule has 3 unspecified atom stereocenters. The quantitative estimate of drug-likeness (QED) is 0.115. The summed E-state index contributed by atoms with van der Waals surface area (Å²) in [5.41, 5.74) is 28.7. The predicted octanol–water partition coefficient (Wildman–Crippen LogP) is 27.8. The molecule has 20 aromatic rings. The van der Waals surface area contributed by atoms with Crippen LogP contribution >= 0.6 is 0 Å². The first-order valence-electron chi connectivity index (χ1n) is 53.5. The van der Waals surface area contributed by atoms with Crippen LogP contribution in [-0.2, 0) is 41.7 Å². The molecule has 0 radical (unpaired) electrons. The molecule has 15 nitrogen and oxygen atoms in total. The van der Waals surface area contributed by atoms with E-state index in [-0.39, 0.29) is 24.2 Å². The van der Waals surface area contributed by atoms with Crippen LogP contribution in [0.1, 0.15) is 243 Å². The van der Waals surface area contributed by atoms with E-state index < -0.39 is 62.3 Å². The number of hydrogen-bond acceptors (Lipinski definition) is 10. The van der Waals surface area contributed by atoms with Gasteiger partial charge in [-0.15, -0.1) is 0 Å². The molecule has 0 bridgehead atoms. The lowest BCUT2D eigenvalue weighted by molar-refractivity contribution is -0.660. The third kappa shape index (κ3) is 17.2. The summed E-state index contributed by atoms with van der Waals surface area (Å²) in [6.45, 7) is 22.0. The lowest BCUT2D eigenvalue weighted by Gasteiger charge is -2.20. The molecule has 2 saturated carbocycles. The smallest absolute Gasteiger partial charge is 0.227 e. The Hall–Kier alpha value is -13.4. The van der Waals surface area contributed by atoms with Gasteiger partial charge in [0.15, 0.2) is 58.9 Å². The third-order valence-electron chi connectivity index (χ3n) is 25.4. The third-order valence-corrected chi connectivity index (χ3v) is 25.4. The van der Waals surface area contributed by atoms with Crippen molar-refractivity contribution in [1.82, 2.24) is 24.9 Å². The van der Waals surface area contributed by atoms with Crippen LogP contribution in [0.5, 0.6) is 0 Å². The fourth-order valence-corrected chi connectivity index (χ4v) is 18.3. The summed E-state index contributed by atoms with van der Waals surface area (Å²) in [6, 6.07) is 59.2. The summed E-state index contributed by atoms with van der Waals surface area (Å²) in [7, 11) is 9.90. The van der Waals surface area contributed by atoms with Crippen molar-refractivity contribution in [3.05, 3.63) is 297 Å². The summed E-state index contributed by atoms with van der Waals surface area (Å²) in [4.78, 5) is 23.0. The lowest BCUT2D eigenvalue weighted by atomic mass is 9.86. The Labute approximate surface area is 792 Å². The van der Waals surface area contributed by atoms with Gasteiger partial charge in [0.1, 0.15) is 35.2 Å². The highest BCUT2D eigenvalue weighted by atomic mass is 16.4. The van der Waals surface area contributed by atoms with Crippen molar-refractivity contribution < 1.29 is 68.2 Å². The van der Waals surface area contributed by atoms with Crippen molar-refractivity contribution in [2.45, 2.75) is 204 Å². The highest BCUT2D eigenvalue weighted by molar-refractivity contribution is 6.13. The van der Waals surface area contributed by atoms with E-state index in [1.807, 2.05) is 106 Å². The normalized spacial score (nSPS) is 18.7. The molecule has 3 atom stereocenters. The van der Waals surface area contributed by atoms with Crippen molar-refractivity contribution in [3.63, 3.8) is 0 Å². The molecule has 15 heterocycles. The van der Waals surface area contributed by atoms with Gasteiger partial charge in [0.05, 0.1) is 27.8 Å². The number of aromatic nitrogens is 10. The lowest BCUT2D eigenvalue weighted by Crippen LogP contribution is -2.31. The molecule has 0 amide bonds. The van der Waals surface area contributed by atoms with Gasteiger partial charge in [-0.3, -0.25) is 0 Å². The number of rotatable bonds is 11. The van der Waals surface area contributed by atoms with Crippen molar-refractivity contribution in [2.75, 3.05) is 0 Å². The maximum atomic E-state index is 9.03. The van der Waals surface area contributed by atoms with Gasteiger partial charge in [-0.05, 0) is 230 Å². The zero-order valence-corrected chi connectivity index (χ0v) is 78.2. The second-order valence-corrected chi connectivity index (χ2v) is 35.4. The fraction of sp³-hybridized carbons (Fsp3) is 0.310. The van der Waals surface area contributed by atoms with E-state index in [1.165, 1.54) is 47.7 Å². The van der Waals surface area contributed by atoms with Crippen LogP contribution in [0.4, 0.5) is 0 Å². The second kappa shape index (κ2) is 36.5. The van der Waals surface area contributed by atoms with Gasteiger partial charge < -0.3 is 22.1 Å². The molecular formula is C116H123N10O5+5. The molecule has 0 N–H and O–H groups in total. The first-order chi connectivity index (χ1) is 69.5. The van der Waals surface area contributed by atoms with E-state index in [0.29, 0.717) is 98.8 Å². The first-order valence-corrected chi connectivity index (χ1v) is 45.0. The van der Waals surface area contributed by atoms with Crippen LogP contribution in [0, 0.1) is 62.3 Å². The Bertz CT molecular complexity index is 8710. The first kappa shape index (κ1) is 69.6. The highest BCUT2D eigenvalue weighted by Crippen LogP contribution is 2.45. The van der Waals surface area contributed by atoms with Crippen LogP contribution < -0.4 is 22.8 Å². The molecule has 15 aromatic heterocycles.